The molecule has 0 bridgehead atoms. The van der Waals surface area contributed by atoms with Crippen molar-refractivity contribution in [3.05, 3.63) is 65.7 Å². The molecule has 0 aliphatic rings. The number of benzene rings is 2. The highest BCUT2D eigenvalue weighted by molar-refractivity contribution is 5.96. The fourth-order valence-electron chi connectivity index (χ4n) is 6.51. The fraction of sp³-hybridized carbons (Fsp3) is 0.565. The van der Waals surface area contributed by atoms with E-state index in [9.17, 15) is 53.7 Å². The van der Waals surface area contributed by atoms with Crippen molar-refractivity contribution in [2.75, 3.05) is 6.61 Å². The molecule has 2 aromatic carbocycles. The summed E-state index contributed by atoms with van der Waals surface area (Å²) in [6, 6.07) is 7.75. The van der Waals surface area contributed by atoms with Gasteiger partial charge in [-0.05, 0) is 73.8 Å². The Bertz CT molecular complexity index is 1860. The topological polar surface area (TPSA) is 279 Å². The molecule has 0 aromatic heterocycles. The van der Waals surface area contributed by atoms with Crippen molar-refractivity contribution >= 4 is 47.4 Å². The van der Waals surface area contributed by atoms with Gasteiger partial charge < -0.3 is 52.0 Å². The minimum absolute atomic E-state index is 0.0408. The number of aliphatic hydroxyl groups is 1. The summed E-state index contributed by atoms with van der Waals surface area (Å²) in [4.78, 5) is 104. The maximum Gasteiger partial charge on any atom is 0.326 e. The molecule has 0 saturated carbocycles. The van der Waals surface area contributed by atoms with Crippen LogP contribution in [0, 0.1) is 17.8 Å². The van der Waals surface area contributed by atoms with E-state index in [0.29, 0.717) is 29.9 Å². The molecule has 9 N–H and O–H groups in total. The van der Waals surface area contributed by atoms with Gasteiger partial charge in [0.2, 0.25) is 29.5 Å². The SMILES string of the molecule is CCCCOc1ccc(C(=O)N[C@@H](CC(C)C)[C@@H](O)CC(=O)N[C@H](C(=O)N[C@H](C(=O)N[C@@H](C)C(=O)N[C@@H](CCC(=O)O)C(=O)N[C@@H](Cc2ccccc2)C(=O)O)C(C)C)C(C)C)cc1. The Kier molecular flexibility index (Phi) is 23.0. The highest BCUT2D eigenvalue weighted by Gasteiger charge is 2.34. The van der Waals surface area contributed by atoms with Crippen molar-refractivity contribution in [1.82, 2.24) is 31.9 Å². The van der Waals surface area contributed by atoms with Crippen LogP contribution in [0.15, 0.2) is 54.6 Å². The number of carboxylic acids is 2. The molecular formula is C46H68N6O12. The van der Waals surface area contributed by atoms with E-state index in [4.69, 9.17) is 4.74 Å². The van der Waals surface area contributed by atoms with Gasteiger partial charge in [0, 0.05) is 18.4 Å². The number of rotatable bonds is 28. The molecule has 2 rings (SSSR count). The molecular weight excluding hydrogens is 829 g/mol. The number of carboxylic acid groups (broad SMARTS) is 2. The van der Waals surface area contributed by atoms with E-state index in [-0.39, 0.29) is 18.8 Å². The molecule has 7 atom stereocenters. The van der Waals surface area contributed by atoms with Gasteiger partial charge in [-0.15, -0.1) is 0 Å². The third kappa shape index (κ3) is 19.1. The van der Waals surface area contributed by atoms with Gasteiger partial charge >= 0.3 is 11.9 Å². The summed E-state index contributed by atoms with van der Waals surface area (Å²) in [6.07, 6.45) is -0.537. The van der Waals surface area contributed by atoms with Crippen LogP contribution in [0.25, 0.3) is 0 Å². The van der Waals surface area contributed by atoms with Crippen LogP contribution in [0.2, 0.25) is 0 Å². The first-order valence-corrected chi connectivity index (χ1v) is 21.8. The van der Waals surface area contributed by atoms with Gasteiger partial charge in [0.1, 0.15) is 36.0 Å². The van der Waals surface area contributed by atoms with Gasteiger partial charge in [0.25, 0.3) is 5.91 Å². The number of aliphatic carboxylic acids is 2. The van der Waals surface area contributed by atoms with Crippen molar-refractivity contribution in [2.45, 2.75) is 143 Å². The van der Waals surface area contributed by atoms with E-state index in [1.807, 2.05) is 13.8 Å². The predicted molar refractivity (Wildman–Crippen MR) is 238 cm³/mol. The number of amides is 6. The first kappa shape index (κ1) is 54.1. The molecule has 354 valence electrons. The van der Waals surface area contributed by atoms with E-state index < -0.39 is 114 Å². The van der Waals surface area contributed by atoms with Crippen LogP contribution in [0.4, 0.5) is 0 Å². The number of unbranched alkanes of at least 4 members (excludes halogenated alkanes) is 1. The monoisotopic (exact) mass is 896 g/mol. The molecule has 0 unspecified atom stereocenters. The lowest BCUT2D eigenvalue weighted by atomic mass is 9.96. The maximum absolute atomic E-state index is 13.7. The molecule has 0 radical (unpaired) electrons. The first-order valence-electron chi connectivity index (χ1n) is 21.8. The molecule has 0 aliphatic heterocycles. The second-order valence-corrected chi connectivity index (χ2v) is 17.0. The lowest BCUT2D eigenvalue weighted by Crippen LogP contribution is -2.60. The van der Waals surface area contributed by atoms with Crippen LogP contribution in [0.5, 0.6) is 5.75 Å². The van der Waals surface area contributed by atoms with Crippen molar-refractivity contribution in [1.29, 1.82) is 0 Å². The minimum Gasteiger partial charge on any atom is -0.494 e. The zero-order valence-corrected chi connectivity index (χ0v) is 38.1. The lowest BCUT2D eigenvalue weighted by molar-refractivity contribution is -0.143. The Hall–Kier alpha value is -6.04. The van der Waals surface area contributed by atoms with Crippen LogP contribution >= 0.6 is 0 Å². The second-order valence-electron chi connectivity index (χ2n) is 17.0. The average Bonchev–Trinajstić information content (AvgIpc) is 3.22. The van der Waals surface area contributed by atoms with Crippen LogP contribution in [0.1, 0.15) is 110 Å². The molecule has 0 heterocycles. The summed E-state index contributed by atoms with van der Waals surface area (Å²) >= 11 is 0. The third-order valence-electron chi connectivity index (χ3n) is 10.2. The normalized spacial score (nSPS) is 14.5. The smallest absolute Gasteiger partial charge is 0.326 e. The number of hydrogen-bond donors (Lipinski definition) is 9. The van der Waals surface area contributed by atoms with Crippen molar-refractivity contribution in [3.63, 3.8) is 0 Å². The largest absolute Gasteiger partial charge is 0.494 e. The molecule has 18 heteroatoms. The lowest BCUT2D eigenvalue weighted by Gasteiger charge is -2.29. The minimum atomic E-state index is -1.47. The molecule has 64 heavy (non-hydrogen) atoms. The quantitative estimate of drug-likeness (QED) is 0.0558. The number of hydrogen-bond acceptors (Lipinski definition) is 10. The van der Waals surface area contributed by atoms with Gasteiger partial charge in [-0.25, -0.2) is 4.79 Å². The van der Waals surface area contributed by atoms with E-state index >= 15 is 0 Å². The highest BCUT2D eigenvalue weighted by atomic mass is 16.5. The highest BCUT2D eigenvalue weighted by Crippen LogP contribution is 2.17. The van der Waals surface area contributed by atoms with Crippen molar-refractivity contribution < 1.29 is 58.4 Å². The molecule has 0 aliphatic carbocycles. The van der Waals surface area contributed by atoms with Crippen LogP contribution in [-0.2, 0) is 40.0 Å². The Morgan fingerprint density at radius 1 is 0.656 bits per heavy atom. The second kappa shape index (κ2) is 27.2. The fourth-order valence-corrected chi connectivity index (χ4v) is 6.51. The summed E-state index contributed by atoms with van der Waals surface area (Å²) in [5.41, 5.74) is 0.960. The molecule has 2 aromatic rings. The summed E-state index contributed by atoms with van der Waals surface area (Å²) < 4.78 is 5.67. The van der Waals surface area contributed by atoms with Crippen molar-refractivity contribution in [3.8, 4) is 5.75 Å². The van der Waals surface area contributed by atoms with Crippen LogP contribution in [-0.4, -0.2) is 112 Å². The van der Waals surface area contributed by atoms with E-state index in [2.05, 4.69) is 38.8 Å². The Morgan fingerprint density at radius 3 is 1.78 bits per heavy atom. The summed E-state index contributed by atoms with van der Waals surface area (Å²) in [5, 5.41) is 45.6. The van der Waals surface area contributed by atoms with Crippen molar-refractivity contribution in [2.24, 2.45) is 17.8 Å². The zero-order valence-electron chi connectivity index (χ0n) is 38.1. The molecule has 0 fully saturated rings. The van der Waals surface area contributed by atoms with Gasteiger partial charge in [-0.3, -0.25) is 33.6 Å². The third-order valence-corrected chi connectivity index (χ3v) is 10.2. The van der Waals surface area contributed by atoms with E-state index in [1.165, 1.54) is 6.92 Å². The van der Waals surface area contributed by atoms with Gasteiger partial charge in [0.05, 0.1) is 25.2 Å². The number of carbonyl (C=O) groups excluding carboxylic acids is 6. The number of ether oxygens (including phenoxy) is 1. The standard InChI is InChI=1S/C46H68N6O12/c1-9-10-22-64-32-18-16-31(17-19-32)42(58)49-34(23-26(2)3)36(53)25-37(54)51-39(27(4)5)45(61)52-40(28(6)7)44(60)47-29(8)41(57)48-33(20-21-38(55)56)43(59)50-35(46(62)63)24-30-14-12-11-13-15-30/h11-19,26-29,33-36,39-40,53H,9-10,20-25H2,1-8H3,(H,47,60)(H,48,57)(H,49,58)(H,50,59)(H,51,54)(H,52,61)(H,55,56)(H,62,63)/t29-,33-,34-,35-,36-,39-,40-/m0/s1. The van der Waals surface area contributed by atoms with Gasteiger partial charge in [0.15, 0.2) is 0 Å². The summed E-state index contributed by atoms with van der Waals surface area (Å²) in [7, 11) is 0. The molecule has 18 nitrogen and oxygen atoms in total. The van der Waals surface area contributed by atoms with E-state index in [0.717, 1.165) is 12.8 Å². The Labute approximate surface area is 375 Å². The molecule has 0 spiro atoms. The van der Waals surface area contributed by atoms with E-state index in [1.54, 1.807) is 82.3 Å². The molecule has 0 saturated heterocycles. The Morgan fingerprint density at radius 2 is 1.23 bits per heavy atom. The molecule has 6 amide bonds. The number of aliphatic hydroxyl groups excluding tert-OH is 1. The number of carbonyl (C=O) groups is 8. The average molecular weight is 897 g/mol. The van der Waals surface area contributed by atoms with Crippen LogP contribution < -0.4 is 36.6 Å². The predicted octanol–water partition coefficient (Wildman–Crippen LogP) is 2.71. The van der Waals surface area contributed by atoms with Crippen LogP contribution in [0.3, 0.4) is 0 Å². The zero-order chi connectivity index (χ0) is 48.1. The summed E-state index contributed by atoms with van der Waals surface area (Å²) in [5.74, 6) is -7.38. The maximum atomic E-state index is 13.7. The Balaban J connectivity index is 2.10. The van der Waals surface area contributed by atoms with Gasteiger partial charge in [-0.1, -0.05) is 85.2 Å². The number of nitrogens with one attached hydrogen (secondary N) is 6. The summed E-state index contributed by atoms with van der Waals surface area (Å²) in [6.45, 7) is 14.4. The first-order chi connectivity index (χ1) is 30.1. The van der Waals surface area contributed by atoms with Gasteiger partial charge in [-0.2, -0.15) is 0 Å².